The van der Waals surface area contributed by atoms with Gasteiger partial charge in [0, 0.05) is 0 Å². The first kappa shape index (κ1) is 7.26. The standard InChI is InChI=1S/H3O5PS/c1-6(2,3)7(4)5/h(H,4,5)(H2,1,2,3)/p-1. The second-order valence-corrected chi connectivity index (χ2v) is 4.44. The van der Waals surface area contributed by atoms with Crippen molar-refractivity contribution in [2.45, 2.75) is 0 Å². The van der Waals surface area contributed by atoms with E-state index in [0.717, 1.165) is 0 Å². The zero-order valence-electron chi connectivity index (χ0n) is 2.97. The van der Waals surface area contributed by atoms with Crippen LogP contribution in [0.2, 0.25) is 0 Å². The summed E-state index contributed by atoms with van der Waals surface area (Å²) in [6.07, 6.45) is 0. The highest BCUT2D eigenvalue weighted by Gasteiger charge is 2.11. The molecule has 0 heterocycles. The molecule has 0 amide bonds. The van der Waals surface area contributed by atoms with E-state index in [1.165, 1.54) is 0 Å². The Morgan fingerprint density at radius 2 is 1.71 bits per heavy atom. The Bertz CT molecular complexity index is 120. The van der Waals surface area contributed by atoms with Crippen LogP contribution in [0.25, 0.3) is 0 Å². The highest BCUT2D eigenvalue weighted by molar-refractivity contribution is 8.42. The van der Waals surface area contributed by atoms with Crippen LogP contribution in [0.5, 0.6) is 0 Å². The summed E-state index contributed by atoms with van der Waals surface area (Å²) in [5.74, 6) is 0. The fourth-order valence-electron chi connectivity index (χ4n) is 0. The average Bonchev–Trinajstić information content (AvgIpc) is 1.31. The molecule has 0 aromatic carbocycles. The SMILES string of the molecule is O=S([O-])P(=O)(O)O. The van der Waals surface area contributed by atoms with Crippen molar-refractivity contribution >= 4 is 17.5 Å². The van der Waals surface area contributed by atoms with Gasteiger partial charge in [0.25, 0.3) is 0 Å². The third-order valence-corrected chi connectivity index (χ3v) is 1.75. The molecule has 0 bridgehead atoms. The molecule has 7 heavy (non-hydrogen) atoms. The number of hydrogen-bond acceptors (Lipinski definition) is 3. The van der Waals surface area contributed by atoms with E-state index in [1.54, 1.807) is 0 Å². The molecule has 0 fully saturated rings. The van der Waals surface area contributed by atoms with Crippen molar-refractivity contribution in [1.29, 1.82) is 0 Å². The Morgan fingerprint density at radius 1 is 1.57 bits per heavy atom. The molecular weight excluding hydrogens is 143 g/mol. The van der Waals surface area contributed by atoms with E-state index in [1.807, 2.05) is 0 Å². The third-order valence-electron chi connectivity index (χ3n) is 0.194. The van der Waals surface area contributed by atoms with E-state index in [4.69, 9.17) is 9.79 Å². The van der Waals surface area contributed by atoms with Crippen LogP contribution in [0, 0.1) is 0 Å². The molecule has 2 N–H and O–H groups in total. The Kier molecular flexibility index (Phi) is 2.09. The van der Waals surface area contributed by atoms with Gasteiger partial charge in [-0.3, -0.25) is 4.21 Å². The van der Waals surface area contributed by atoms with Crippen LogP contribution in [0.4, 0.5) is 0 Å². The molecular formula is H2O5PS-. The van der Waals surface area contributed by atoms with Crippen LogP contribution in [0.15, 0.2) is 0 Å². The highest BCUT2D eigenvalue weighted by Crippen LogP contribution is 2.37. The van der Waals surface area contributed by atoms with Crippen molar-refractivity contribution < 1.29 is 23.1 Å². The zero-order valence-corrected chi connectivity index (χ0v) is 4.69. The fourth-order valence-corrected chi connectivity index (χ4v) is 0. The number of rotatable bonds is 1. The average molecular weight is 145 g/mol. The lowest BCUT2D eigenvalue weighted by molar-refractivity contribution is 0.386. The molecule has 0 aliphatic heterocycles. The quantitative estimate of drug-likeness (QED) is 0.362. The first-order valence-electron chi connectivity index (χ1n) is 1.10. The summed E-state index contributed by atoms with van der Waals surface area (Å²) in [6.45, 7) is -4.82. The smallest absolute Gasteiger partial charge is 0.400 e. The minimum absolute atomic E-state index is 3.27. The Hall–Kier alpha value is 0.260. The van der Waals surface area contributed by atoms with Gasteiger partial charge in [0.15, 0.2) is 0 Å². The van der Waals surface area contributed by atoms with Crippen molar-refractivity contribution in [2.24, 2.45) is 0 Å². The van der Waals surface area contributed by atoms with E-state index in [2.05, 4.69) is 0 Å². The molecule has 0 rings (SSSR count). The minimum atomic E-state index is -4.82. The topological polar surface area (TPSA) is 97.7 Å². The van der Waals surface area contributed by atoms with Gasteiger partial charge in [-0.25, -0.2) is 4.57 Å². The normalized spacial score (nSPS) is 16.4. The van der Waals surface area contributed by atoms with Crippen molar-refractivity contribution in [2.75, 3.05) is 0 Å². The lowest BCUT2D eigenvalue weighted by atomic mass is 15.8. The molecule has 0 saturated heterocycles. The summed E-state index contributed by atoms with van der Waals surface area (Å²) in [5, 5.41) is 0. The minimum Gasteiger partial charge on any atom is -0.763 e. The van der Waals surface area contributed by atoms with Gasteiger partial charge in [-0.05, 0) is 0 Å². The van der Waals surface area contributed by atoms with Crippen LogP contribution in [0.3, 0.4) is 0 Å². The second kappa shape index (κ2) is 2.02. The van der Waals surface area contributed by atoms with Crippen molar-refractivity contribution in [3.8, 4) is 0 Å². The Balaban J connectivity index is 4.09. The molecule has 0 radical (unpaired) electrons. The fraction of sp³-hybridized carbons (Fsp3) is 0. The van der Waals surface area contributed by atoms with Gasteiger partial charge in [-0.15, -0.1) is 0 Å². The maximum absolute atomic E-state index is 9.41. The Morgan fingerprint density at radius 3 is 1.71 bits per heavy atom. The third kappa shape index (κ3) is 2.90. The molecule has 0 saturated carbocycles. The molecule has 0 spiro atoms. The van der Waals surface area contributed by atoms with Gasteiger partial charge >= 0.3 is 6.80 Å². The summed E-state index contributed by atoms with van der Waals surface area (Å²) in [5.41, 5.74) is 0. The summed E-state index contributed by atoms with van der Waals surface area (Å²) >= 11 is 0. The van der Waals surface area contributed by atoms with Gasteiger partial charge in [0.2, 0.25) is 0 Å². The molecule has 0 aliphatic rings. The largest absolute Gasteiger partial charge is 0.763 e. The Labute approximate surface area is 41.6 Å². The lowest BCUT2D eigenvalue weighted by Gasteiger charge is -2.03. The molecule has 44 valence electrons. The van der Waals surface area contributed by atoms with Gasteiger partial charge in [0.05, 0.1) is 10.7 Å². The van der Waals surface area contributed by atoms with E-state index >= 15 is 0 Å². The first-order chi connectivity index (χ1) is 2.94. The molecule has 0 aromatic rings. The molecule has 7 heteroatoms. The second-order valence-electron chi connectivity index (χ2n) is 0.708. The van der Waals surface area contributed by atoms with E-state index < -0.39 is 17.5 Å². The zero-order chi connectivity index (χ0) is 6.08. The molecule has 0 aliphatic carbocycles. The molecule has 1 unspecified atom stereocenters. The maximum Gasteiger partial charge on any atom is 0.400 e. The van der Waals surface area contributed by atoms with E-state index in [-0.39, 0.29) is 0 Å². The predicted octanol–water partition coefficient (Wildman–Crippen LogP) is -1.04. The molecule has 1 atom stereocenters. The van der Waals surface area contributed by atoms with E-state index in [0.29, 0.717) is 0 Å². The van der Waals surface area contributed by atoms with Crippen molar-refractivity contribution in [3.63, 3.8) is 0 Å². The van der Waals surface area contributed by atoms with Crippen LogP contribution in [-0.4, -0.2) is 18.5 Å². The molecule has 0 aromatic heterocycles. The number of hydrogen-bond donors (Lipinski definition) is 2. The summed E-state index contributed by atoms with van der Waals surface area (Å²) < 4.78 is 27.9. The summed E-state index contributed by atoms with van der Waals surface area (Å²) in [4.78, 5) is 15.2. The van der Waals surface area contributed by atoms with Gasteiger partial charge in [0.1, 0.15) is 0 Å². The molecule has 5 nitrogen and oxygen atoms in total. The first-order valence-corrected chi connectivity index (χ1v) is 4.39. The van der Waals surface area contributed by atoms with Crippen molar-refractivity contribution in [1.82, 2.24) is 0 Å². The van der Waals surface area contributed by atoms with E-state index in [9.17, 15) is 13.3 Å². The van der Waals surface area contributed by atoms with Crippen LogP contribution < -0.4 is 0 Å². The monoisotopic (exact) mass is 145 g/mol. The van der Waals surface area contributed by atoms with Gasteiger partial charge in [-0.2, -0.15) is 0 Å². The van der Waals surface area contributed by atoms with Crippen LogP contribution >= 0.6 is 6.80 Å². The highest BCUT2D eigenvalue weighted by atomic mass is 32.8. The summed E-state index contributed by atoms with van der Waals surface area (Å²) in [7, 11) is -3.27. The predicted molar refractivity (Wildman–Crippen MR) is 21.0 cm³/mol. The van der Waals surface area contributed by atoms with Gasteiger partial charge < -0.3 is 14.3 Å². The lowest BCUT2D eigenvalue weighted by Crippen LogP contribution is -1.85. The van der Waals surface area contributed by atoms with Crippen molar-refractivity contribution in [3.05, 3.63) is 0 Å². The van der Waals surface area contributed by atoms with Crippen LogP contribution in [0.1, 0.15) is 0 Å². The summed E-state index contributed by atoms with van der Waals surface area (Å²) in [6, 6.07) is 0. The van der Waals surface area contributed by atoms with Gasteiger partial charge in [-0.1, -0.05) is 0 Å². The van der Waals surface area contributed by atoms with Crippen LogP contribution in [-0.2, 0) is 15.3 Å². The maximum atomic E-state index is 9.41.